The molecule has 0 aliphatic heterocycles. The molecule has 0 radical (unpaired) electrons. The fourth-order valence-corrected chi connectivity index (χ4v) is 1.35. The number of benzene rings is 1. The summed E-state index contributed by atoms with van der Waals surface area (Å²) in [6, 6.07) is 7.63. The third kappa shape index (κ3) is 2.42. The number of fused-ring (bicyclic) bond motifs is 1. The van der Waals surface area contributed by atoms with E-state index in [1.54, 1.807) is 18.3 Å². The first-order valence-corrected chi connectivity index (χ1v) is 4.92. The van der Waals surface area contributed by atoms with Gasteiger partial charge in [-0.05, 0) is 18.2 Å². The minimum atomic E-state index is -0.356. The summed E-state index contributed by atoms with van der Waals surface area (Å²) in [4.78, 5) is 19.2. The molecular formula is C12H11N3O. The Hall–Kier alpha value is -2.23. The standard InChI is InChI=1S/C12H11N3O/c13-12(16)7-3-4-9-8-14-10-5-1-2-6-11(10)15-9/h1-6,8H,7H2,(H2,13,16). The largest absolute Gasteiger partial charge is 0.369 e. The van der Waals surface area contributed by atoms with Gasteiger partial charge in [0.25, 0.3) is 0 Å². The fourth-order valence-electron chi connectivity index (χ4n) is 1.35. The molecule has 0 atom stereocenters. The highest BCUT2D eigenvalue weighted by Gasteiger charge is 1.95. The summed E-state index contributed by atoms with van der Waals surface area (Å²) in [6.07, 6.45) is 5.31. The number of rotatable bonds is 3. The van der Waals surface area contributed by atoms with Crippen molar-refractivity contribution in [3.63, 3.8) is 0 Å². The highest BCUT2D eigenvalue weighted by atomic mass is 16.1. The number of carbonyl (C=O) groups excluding carboxylic acids is 1. The smallest absolute Gasteiger partial charge is 0.221 e. The molecule has 0 spiro atoms. The average Bonchev–Trinajstić information content (AvgIpc) is 2.28. The van der Waals surface area contributed by atoms with Crippen molar-refractivity contribution in [2.45, 2.75) is 6.42 Å². The lowest BCUT2D eigenvalue weighted by atomic mass is 10.3. The van der Waals surface area contributed by atoms with Crippen LogP contribution in [0.5, 0.6) is 0 Å². The number of hydrogen-bond donors (Lipinski definition) is 1. The summed E-state index contributed by atoms with van der Waals surface area (Å²) in [5, 5.41) is 0. The number of carbonyl (C=O) groups is 1. The minimum absolute atomic E-state index is 0.217. The van der Waals surface area contributed by atoms with E-state index in [2.05, 4.69) is 9.97 Å². The van der Waals surface area contributed by atoms with Crippen LogP contribution in [0.25, 0.3) is 17.1 Å². The van der Waals surface area contributed by atoms with E-state index in [0.29, 0.717) is 0 Å². The van der Waals surface area contributed by atoms with E-state index in [1.165, 1.54) is 0 Å². The maximum Gasteiger partial charge on any atom is 0.221 e. The van der Waals surface area contributed by atoms with Crippen LogP contribution in [-0.4, -0.2) is 15.9 Å². The second-order valence-electron chi connectivity index (χ2n) is 3.36. The topological polar surface area (TPSA) is 68.9 Å². The maximum atomic E-state index is 10.5. The van der Waals surface area contributed by atoms with Crippen LogP contribution < -0.4 is 5.73 Å². The number of aromatic nitrogens is 2. The highest BCUT2D eigenvalue weighted by Crippen LogP contribution is 2.09. The van der Waals surface area contributed by atoms with Crippen molar-refractivity contribution in [2.24, 2.45) is 5.73 Å². The lowest BCUT2D eigenvalue weighted by Gasteiger charge is -1.96. The van der Waals surface area contributed by atoms with Crippen LogP contribution in [0, 0.1) is 0 Å². The monoisotopic (exact) mass is 213 g/mol. The average molecular weight is 213 g/mol. The summed E-state index contributed by atoms with van der Waals surface area (Å²) >= 11 is 0. The van der Waals surface area contributed by atoms with Gasteiger partial charge in [0.15, 0.2) is 0 Å². The molecule has 0 saturated heterocycles. The molecule has 1 aromatic carbocycles. The van der Waals surface area contributed by atoms with E-state index in [1.807, 2.05) is 24.3 Å². The van der Waals surface area contributed by atoms with Gasteiger partial charge in [0.05, 0.1) is 22.9 Å². The summed E-state index contributed by atoms with van der Waals surface area (Å²) in [7, 11) is 0. The number of nitrogens with two attached hydrogens (primary N) is 1. The SMILES string of the molecule is NC(=O)CC=Cc1cnc2ccccc2n1. The molecule has 1 aromatic heterocycles. The van der Waals surface area contributed by atoms with Crippen molar-refractivity contribution in [2.75, 3.05) is 0 Å². The van der Waals surface area contributed by atoms with Crippen LogP contribution in [0.3, 0.4) is 0 Å². The van der Waals surface area contributed by atoms with E-state index < -0.39 is 0 Å². The Morgan fingerprint density at radius 1 is 1.31 bits per heavy atom. The fraction of sp³-hybridized carbons (Fsp3) is 0.0833. The molecular weight excluding hydrogens is 202 g/mol. The first-order chi connectivity index (χ1) is 7.75. The molecule has 1 amide bonds. The van der Waals surface area contributed by atoms with Crippen LogP contribution in [0.2, 0.25) is 0 Å². The van der Waals surface area contributed by atoms with Crippen molar-refractivity contribution >= 4 is 23.0 Å². The summed E-state index contributed by atoms with van der Waals surface area (Å²) in [5.41, 5.74) is 7.44. The molecule has 1 heterocycles. The molecule has 0 aliphatic carbocycles. The van der Waals surface area contributed by atoms with E-state index >= 15 is 0 Å². The van der Waals surface area contributed by atoms with Gasteiger partial charge in [-0.2, -0.15) is 0 Å². The van der Waals surface area contributed by atoms with Crippen LogP contribution in [0.15, 0.2) is 36.5 Å². The molecule has 80 valence electrons. The Kier molecular flexibility index (Phi) is 2.91. The Balaban J connectivity index is 2.26. The van der Waals surface area contributed by atoms with Crippen molar-refractivity contribution in [1.82, 2.24) is 9.97 Å². The van der Waals surface area contributed by atoms with Gasteiger partial charge < -0.3 is 5.73 Å². The van der Waals surface area contributed by atoms with Crippen LogP contribution >= 0.6 is 0 Å². The van der Waals surface area contributed by atoms with Gasteiger partial charge in [0, 0.05) is 6.42 Å². The van der Waals surface area contributed by atoms with Crippen molar-refractivity contribution < 1.29 is 4.79 Å². The van der Waals surface area contributed by atoms with Crippen LogP contribution in [0.1, 0.15) is 12.1 Å². The van der Waals surface area contributed by atoms with E-state index in [9.17, 15) is 4.79 Å². The normalized spacial score (nSPS) is 11.0. The lowest BCUT2D eigenvalue weighted by Crippen LogP contribution is -2.07. The van der Waals surface area contributed by atoms with E-state index in [-0.39, 0.29) is 12.3 Å². The number of primary amides is 1. The van der Waals surface area contributed by atoms with Gasteiger partial charge in [-0.1, -0.05) is 18.2 Å². The summed E-state index contributed by atoms with van der Waals surface area (Å²) in [6.45, 7) is 0. The van der Waals surface area contributed by atoms with Gasteiger partial charge in [-0.3, -0.25) is 9.78 Å². The molecule has 2 rings (SSSR count). The molecule has 0 saturated carbocycles. The zero-order valence-corrected chi connectivity index (χ0v) is 8.63. The zero-order valence-electron chi connectivity index (χ0n) is 8.63. The van der Waals surface area contributed by atoms with Crippen molar-refractivity contribution in [3.05, 3.63) is 42.2 Å². The molecule has 0 bridgehead atoms. The lowest BCUT2D eigenvalue weighted by molar-refractivity contribution is -0.117. The van der Waals surface area contributed by atoms with Gasteiger partial charge in [0.2, 0.25) is 5.91 Å². The first-order valence-electron chi connectivity index (χ1n) is 4.92. The van der Waals surface area contributed by atoms with Crippen molar-refractivity contribution in [1.29, 1.82) is 0 Å². The highest BCUT2D eigenvalue weighted by molar-refractivity contribution is 5.77. The molecule has 0 fully saturated rings. The molecule has 2 N–H and O–H groups in total. The molecule has 0 aliphatic rings. The Morgan fingerprint density at radius 2 is 2.06 bits per heavy atom. The Bertz CT molecular complexity index is 549. The third-order valence-electron chi connectivity index (χ3n) is 2.07. The predicted molar refractivity (Wildman–Crippen MR) is 62.4 cm³/mol. The Labute approximate surface area is 92.8 Å². The van der Waals surface area contributed by atoms with Gasteiger partial charge in [-0.25, -0.2) is 4.98 Å². The van der Waals surface area contributed by atoms with Gasteiger partial charge in [-0.15, -0.1) is 0 Å². The third-order valence-corrected chi connectivity index (χ3v) is 2.07. The number of nitrogens with zero attached hydrogens (tertiary/aromatic N) is 2. The van der Waals surface area contributed by atoms with E-state index in [4.69, 9.17) is 5.73 Å². The molecule has 0 unspecified atom stereocenters. The summed E-state index contributed by atoms with van der Waals surface area (Å²) in [5.74, 6) is -0.356. The quantitative estimate of drug-likeness (QED) is 0.840. The zero-order chi connectivity index (χ0) is 11.4. The molecule has 4 nitrogen and oxygen atoms in total. The maximum absolute atomic E-state index is 10.5. The van der Waals surface area contributed by atoms with E-state index in [0.717, 1.165) is 16.7 Å². The predicted octanol–water partition coefficient (Wildman–Crippen LogP) is 1.52. The van der Waals surface area contributed by atoms with Crippen LogP contribution in [0.4, 0.5) is 0 Å². The number of amides is 1. The number of hydrogen-bond acceptors (Lipinski definition) is 3. The summed E-state index contributed by atoms with van der Waals surface area (Å²) < 4.78 is 0. The molecule has 16 heavy (non-hydrogen) atoms. The second kappa shape index (κ2) is 4.53. The van der Waals surface area contributed by atoms with Crippen molar-refractivity contribution in [3.8, 4) is 0 Å². The molecule has 4 heteroatoms. The molecule has 2 aromatic rings. The Morgan fingerprint density at radius 3 is 2.81 bits per heavy atom. The number of para-hydroxylation sites is 2. The second-order valence-corrected chi connectivity index (χ2v) is 3.36. The minimum Gasteiger partial charge on any atom is -0.369 e. The first kappa shape index (κ1) is 10.3. The van der Waals surface area contributed by atoms with Crippen LogP contribution in [-0.2, 0) is 4.79 Å². The van der Waals surface area contributed by atoms with Gasteiger partial charge in [0.1, 0.15) is 0 Å². The van der Waals surface area contributed by atoms with Gasteiger partial charge >= 0.3 is 0 Å².